The van der Waals surface area contributed by atoms with Gasteiger partial charge in [0.25, 0.3) is 0 Å². The molecule has 0 radical (unpaired) electrons. The van der Waals surface area contributed by atoms with Crippen LogP contribution in [0.15, 0.2) is 217 Å². The summed E-state index contributed by atoms with van der Waals surface area (Å²) >= 11 is 0. The first-order valence-corrected chi connectivity index (χ1v) is 18.4. The lowest BCUT2D eigenvalue weighted by Gasteiger charge is -2.28. The van der Waals surface area contributed by atoms with Crippen LogP contribution in [0, 0.1) is 0 Å². The molecule has 0 aliphatic heterocycles. The molecule has 2 heteroatoms. The Morgan fingerprint density at radius 1 is 0.315 bits per heavy atom. The van der Waals surface area contributed by atoms with Crippen LogP contribution in [0.2, 0.25) is 0 Å². The highest BCUT2D eigenvalue weighted by molar-refractivity contribution is 6.12. The third-order valence-corrected chi connectivity index (χ3v) is 10.5. The molecule has 0 aliphatic carbocycles. The van der Waals surface area contributed by atoms with Gasteiger partial charge in [0.05, 0.1) is 5.69 Å². The summed E-state index contributed by atoms with van der Waals surface area (Å²) in [7, 11) is 0. The highest BCUT2D eigenvalue weighted by Gasteiger charge is 2.19. The van der Waals surface area contributed by atoms with Gasteiger partial charge < -0.3 is 9.32 Å². The number of fused-ring (bicyclic) bond motifs is 4. The molecule has 0 spiro atoms. The monoisotopic (exact) mass is 689 g/mol. The summed E-state index contributed by atoms with van der Waals surface area (Å²) in [4.78, 5) is 2.40. The molecule has 0 unspecified atom stereocenters. The van der Waals surface area contributed by atoms with Gasteiger partial charge in [-0.15, -0.1) is 0 Å². The van der Waals surface area contributed by atoms with Crippen molar-refractivity contribution in [3.8, 4) is 44.5 Å². The third-order valence-electron chi connectivity index (χ3n) is 10.5. The molecule has 1 heterocycles. The zero-order valence-electron chi connectivity index (χ0n) is 29.6. The van der Waals surface area contributed by atoms with E-state index in [0.29, 0.717) is 0 Å². The smallest absolute Gasteiger partial charge is 0.136 e. The molecule has 1 aromatic heterocycles. The highest BCUT2D eigenvalue weighted by atomic mass is 16.3. The summed E-state index contributed by atoms with van der Waals surface area (Å²) in [6.45, 7) is 0. The van der Waals surface area contributed by atoms with Gasteiger partial charge in [0, 0.05) is 27.7 Å². The minimum absolute atomic E-state index is 0.900. The molecule has 10 aromatic rings. The third kappa shape index (κ3) is 5.62. The van der Waals surface area contributed by atoms with Crippen molar-refractivity contribution in [2.24, 2.45) is 0 Å². The van der Waals surface area contributed by atoms with Gasteiger partial charge >= 0.3 is 0 Å². The van der Waals surface area contributed by atoms with Crippen LogP contribution in [0.1, 0.15) is 0 Å². The predicted octanol–water partition coefficient (Wildman–Crippen LogP) is 14.9. The van der Waals surface area contributed by atoms with Gasteiger partial charge in [0.15, 0.2) is 0 Å². The quantitative estimate of drug-likeness (QED) is 0.166. The van der Waals surface area contributed by atoms with Crippen LogP contribution in [-0.2, 0) is 0 Å². The van der Waals surface area contributed by atoms with Gasteiger partial charge in [-0.3, -0.25) is 0 Å². The minimum Gasteiger partial charge on any atom is -0.456 e. The molecule has 54 heavy (non-hydrogen) atoms. The first kappa shape index (κ1) is 31.6. The van der Waals surface area contributed by atoms with Crippen molar-refractivity contribution in [2.75, 3.05) is 4.90 Å². The molecule has 0 amide bonds. The minimum atomic E-state index is 0.900. The van der Waals surface area contributed by atoms with Crippen LogP contribution in [0.25, 0.3) is 77.2 Å². The molecule has 0 saturated heterocycles. The van der Waals surface area contributed by atoms with E-state index in [0.717, 1.165) is 61.3 Å². The van der Waals surface area contributed by atoms with Gasteiger partial charge in [-0.2, -0.15) is 0 Å². The lowest BCUT2D eigenvalue weighted by atomic mass is 9.96. The second-order valence-corrected chi connectivity index (χ2v) is 13.7. The maximum atomic E-state index is 6.25. The summed E-state index contributed by atoms with van der Waals surface area (Å²) < 4.78 is 6.25. The highest BCUT2D eigenvalue weighted by Crippen LogP contribution is 2.44. The number of furan rings is 1. The van der Waals surface area contributed by atoms with E-state index in [1.165, 1.54) is 33.0 Å². The molecule has 0 saturated carbocycles. The van der Waals surface area contributed by atoms with E-state index < -0.39 is 0 Å². The SMILES string of the molecule is c1ccc(-c2ccc(-c3ccccc3N(c3ccc(-c4cccc5oc6ccccc6c45)cc3)c3cccc(-c4cccc5ccccc45)c3)cc2)cc1. The van der Waals surface area contributed by atoms with Crippen molar-refractivity contribution in [2.45, 2.75) is 0 Å². The van der Waals surface area contributed by atoms with E-state index in [9.17, 15) is 0 Å². The fraction of sp³-hybridized carbons (Fsp3) is 0. The largest absolute Gasteiger partial charge is 0.456 e. The van der Waals surface area contributed by atoms with Crippen LogP contribution in [0.3, 0.4) is 0 Å². The zero-order chi connectivity index (χ0) is 35.8. The standard InChI is InChI=1S/C52H35NO/c1-2-13-36(14-3-1)37-27-29-39(30-28-37)46-20-6-8-24-49(46)53(43-18-10-17-41(35-43)45-22-11-16-38-15-4-5-19-44(38)45)42-33-31-40(32-34-42)47-23-12-26-51-52(47)48-21-7-9-25-50(48)54-51/h1-35H. The van der Waals surface area contributed by atoms with Gasteiger partial charge in [0.2, 0.25) is 0 Å². The second-order valence-electron chi connectivity index (χ2n) is 13.7. The second kappa shape index (κ2) is 13.4. The Morgan fingerprint density at radius 2 is 0.870 bits per heavy atom. The Morgan fingerprint density at radius 3 is 1.74 bits per heavy atom. The Bertz CT molecular complexity index is 2920. The van der Waals surface area contributed by atoms with Crippen LogP contribution >= 0.6 is 0 Å². The average molecular weight is 690 g/mol. The van der Waals surface area contributed by atoms with Crippen molar-refractivity contribution < 1.29 is 4.42 Å². The Labute approximate surface area is 314 Å². The van der Waals surface area contributed by atoms with E-state index >= 15 is 0 Å². The van der Waals surface area contributed by atoms with E-state index in [2.05, 4.69) is 205 Å². The molecule has 9 aromatic carbocycles. The molecule has 0 N–H and O–H groups in total. The maximum Gasteiger partial charge on any atom is 0.136 e. The number of nitrogens with zero attached hydrogens (tertiary/aromatic N) is 1. The lowest BCUT2D eigenvalue weighted by molar-refractivity contribution is 0.669. The predicted molar refractivity (Wildman–Crippen MR) is 228 cm³/mol. The lowest BCUT2D eigenvalue weighted by Crippen LogP contribution is -2.11. The van der Waals surface area contributed by atoms with E-state index in [1.54, 1.807) is 0 Å². The van der Waals surface area contributed by atoms with Crippen molar-refractivity contribution in [3.05, 3.63) is 212 Å². The van der Waals surface area contributed by atoms with Gasteiger partial charge in [-0.25, -0.2) is 0 Å². The number of hydrogen-bond acceptors (Lipinski definition) is 2. The molecule has 0 atom stereocenters. The molecule has 2 nitrogen and oxygen atoms in total. The molecular formula is C52H35NO. The van der Waals surface area contributed by atoms with Crippen molar-refractivity contribution in [1.29, 1.82) is 0 Å². The van der Waals surface area contributed by atoms with Gasteiger partial charge in [-0.1, -0.05) is 170 Å². The zero-order valence-corrected chi connectivity index (χ0v) is 29.6. The molecule has 0 fully saturated rings. The van der Waals surface area contributed by atoms with Crippen molar-refractivity contribution >= 4 is 49.8 Å². The first-order chi connectivity index (χ1) is 26.8. The van der Waals surface area contributed by atoms with Crippen molar-refractivity contribution in [3.63, 3.8) is 0 Å². The summed E-state index contributed by atoms with van der Waals surface area (Å²) in [5.74, 6) is 0. The maximum absolute atomic E-state index is 6.25. The molecule has 0 bridgehead atoms. The number of benzene rings is 9. The molecular weight excluding hydrogens is 655 g/mol. The topological polar surface area (TPSA) is 16.4 Å². The Kier molecular flexibility index (Phi) is 7.85. The Hall–Kier alpha value is -7.16. The normalized spacial score (nSPS) is 11.3. The Balaban J connectivity index is 1.12. The fourth-order valence-corrected chi connectivity index (χ4v) is 7.91. The number of anilines is 3. The van der Waals surface area contributed by atoms with Crippen molar-refractivity contribution in [1.82, 2.24) is 0 Å². The number of para-hydroxylation sites is 2. The first-order valence-electron chi connectivity index (χ1n) is 18.4. The number of hydrogen-bond donors (Lipinski definition) is 0. The van der Waals surface area contributed by atoms with Crippen LogP contribution < -0.4 is 4.90 Å². The summed E-state index contributed by atoms with van der Waals surface area (Å²) in [6, 6.07) is 75.9. The van der Waals surface area contributed by atoms with Crippen LogP contribution in [0.5, 0.6) is 0 Å². The van der Waals surface area contributed by atoms with Gasteiger partial charge in [-0.05, 0) is 92.2 Å². The summed E-state index contributed by atoms with van der Waals surface area (Å²) in [5.41, 5.74) is 14.5. The van der Waals surface area contributed by atoms with Gasteiger partial charge in [0.1, 0.15) is 11.2 Å². The molecule has 10 rings (SSSR count). The number of rotatable bonds is 7. The summed E-state index contributed by atoms with van der Waals surface area (Å²) in [6.07, 6.45) is 0. The molecule has 0 aliphatic rings. The van der Waals surface area contributed by atoms with E-state index in [1.807, 2.05) is 12.1 Å². The average Bonchev–Trinajstić information content (AvgIpc) is 3.64. The van der Waals surface area contributed by atoms with Crippen LogP contribution in [0.4, 0.5) is 17.1 Å². The summed E-state index contributed by atoms with van der Waals surface area (Å²) in [5, 5.41) is 4.75. The van der Waals surface area contributed by atoms with Crippen LogP contribution in [-0.4, -0.2) is 0 Å². The fourth-order valence-electron chi connectivity index (χ4n) is 7.91. The van der Waals surface area contributed by atoms with E-state index in [4.69, 9.17) is 4.42 Å². The van der Waals surface area contributed by atoms with E-state index in [-0.39, 0.29) is 0 Å². The molecule has 254 valence electrons.